The quantitative estimate of drug-likeness (QED) is 0.926. The molecule has 1 saturated heterocycles. The van der Waals surface area contributed by atoms with E-state index in [1.807, 2.05) is 25.1 Å². The van der Waals surface area contributed by atoms with Gasteiger partial charge in [0.2, 0.25) is 0 Å². The van der Waals surface area contributed by atoms with Gasteiger partial charge >= 0.3 is 0 Å². The summed E-state index contributed by atoms with van der Waals surface area (Å²) in [5, 5.41) is 0. The summed E-state index contributed by atoms with van der Waals surface area (Å²) in [4.78, 5) is 29.1. The van der Waals surface area contributed by atoms with Gasteiger partial charge in [-0.25, -0.2) is 0 Å². The predicted molar refractivity (Wildman–Crippen MR) is 86.1 cm³/mol. The maximum absolute atomic E-state index is 12.6. The van der Waals surface area contributed by atoms with E-state index in [2.05, 4.69) is 17.1 Å². The van der Waals surface area contributed by atoms with Crippen molar-refractivity contribution in [3.05, 3.63) is 69.6 Å². The van der Waals surface area contributed by atoms with Crippen molar-refractivity contribution >= 4 is 5.91 Å². The van der Waals surface area contributed by atoms with Gasteiger partial charge in [0.25, 0.3) is 11.5 Å². The Labute approximate surface area is 129 Å². The Balaban J connectivity index is 1.80. The minimum Gasteiger partial charge on any atom is -0.338 e. The number of nitrogens with zero attached hydrogens (tertiary/aromatic N) is 1. The fourth-order valence-corrected chi connectivity index (χ4v) is 3.07. The number of aromatic nitrogens is 1. The Kier molecular flexibility index (Phi) is 4.09. The van der Waals surface area contributed by atoms with Crippen molar-refractivity contribution in [1.82, 2.24) is 9.88 Å². The number of piperidine rings is 1. The number of aromatic amines is 1. The summed E-state index contributed by atoms with van der Waals surface area (Å²) in [6, 6.07) is 13.7. The molecule has 0 saturated carbocycles. The number of rotatable bonds is 2. The summed E-state index contributed by atoms with van der Waals surface area (Å²) in [6.45, 7) is 3.20. The number of benzene rings is 1. The van der Waals surface area contributed by atoms with Gasteiger partial charge in [0, 0.05) is 24.7 Å². The van der Waals surface area contributed by atoms with Crippen LogP contribution in [0.2, 0.25) is 0 Å². The molecule has 2 aromatic rings. The minimum absolute atomic E-state index is 0.165. The molecule has 1 aromatic carbocycles. The van der Waals surface area contributed by atoms with E-state index < -0.39 is 0 Å². The lowest BCUT2D eigenvalue weighted by Crippen LogP contribution is -2.41. The summed E-state index contributed by atoms with van der Waals surface area (Å²) in [5.41, 5.74) is 1.96. The van der Waals surface area contributed by atoms with Gasteiger partial charge in [-0.15, -0.1) is 0 Å². The van der Waals surface area contributed by atoms with Crippen LogP contribution in [0.4, 0.5) is 0 Å². The van der Waals surface area contributed by atoms with Crippen LogP contribution in [0.25, 0.3) is 0 Å². The molecule has 22 heavy (non-hydrogen) atoms. The number of nitrogens with one attached hydrogen (secondary N) is 1. The van der Waals surface area contributed by atoms with Crippen LogP contribution < -0.4 is 5.56 Å². The minimum atomic E-state index is -0.299. The molecule has 2 heterocycles. The molecule has 1 aliphatic heterocycles. The summed E-state index contributed by atoms with van der Waals surface area (Å²) >= 11 is 0. The van der Waals surface area contributed by atoms with E-state index >= 15 is 0 Å². The van der Waals surface area contributed by atoms with Crippen LogP contribution in [0.3, 0.4) is 0 Å². The molecule has 114 valence electrons. The van der Waals surface area contributed by atoms with Crippen molar-refractivity contribution < 1.29 is 4.79 Å². The molecule has 4 nitrogen and oxygen atoms in total. The summed E-state index contributed by atoms with van der Waals surface area (Å²) in [6.07, 6.45) is 2.05. The average Bonchev–Trinajstić information content (AvgIpc) is 2.55. The highest BCUT2D eigenvalue weighted by atomic mass is 16.2. The van der Waals surface area contributed by atoms with Gasteiger partial charge in [-0.05, 0) is 37.5 Å². The highest BCUT2D eigenvalue weighted by Crippen LogP contribution is 2.27. The first-order chi connectivity index (χ1) is 10.6. The number of aryl methyl sites for hydroxylation is 1. The number of carbonyl (C=O) groups excluding carboxylic acids is 1. The third kappa shape index (κ3) is 2.96. The highest BCUT2D eigenvalue weighted by Gasteiger charge is 2.26. The first kappa shape index (κ1) is 14.6. The first-order valence-electron chi connectivity index (χ1n) is 7.69. The highest BCUT2D eigenvalue weighted by molar-refractivity contribution is 5.94. The largest absolute Gasteiger partial charge is 0.338 e. The molecular formula is C18H20N2O2. The van der Waals surface area contributed by atoms with Gasteiger partial charge < -0.3 is 9.88 Å². The van der Waals surface area contributed by atoms with Crippen molar-refractivity contribution in [2.24, 2.45) is 0 Å². The van der Waals surface area contributed by atoms with E-state index in [-0.39, 0.29) is 17.0 Å². The third-order valence-corrected chi connectivity index (χ3v) is 4.27. The monoisotopic (exact) mass is 296 g/mol. The van der Waals surface area contributed by atoms with Crippen LogP contribution in [0.1, 0.15) is 40.4 Å². The number of hydrogen-bond acceptors (Lipinski definition) is 2. The zero-order chi connectivity index (χ0) is 15.5. The SMILES string of the molecule is Cc1ccc(C(=O)N2CCC[C@H](c3ccccc3)C2)c(=O)[nH]1. The van der Waals surface area contributed by atoms with E-state index in [1.54, 1.807) is 17.0 Å². The fraction of sp³-hybridized carbons (Fsp3) is 0.333. The number of amides is 1. The molecule has 0 spiro atoms. The van der Waals surface area contributed by atoms with Gasteiger partial charge in [-0.1, -0.05) is 30.3 Å². The van der Waals surface area contributed by atoms with Crippen LogP contribution in [-0.4, -0.2) is 28.9 Å². The Morgan fingerprint density at radius 1 is 1.18 bits per heavy atom. The van der Waals surface area contributed by atoms with Crippen molar-refractivity contribution in [3.8, 4) is 0 Å². The molecule has 1 atom stereocenters. The second kappa shape index (κ2) is 6.18. The van der Waals surface area contributed by atoms with E-state index in [0.717, 1.165) is 25.1 Å². The molecule has 0 aliphatic carbocycles. The number of pyridine rings is 1. The molecule has 1 fully saturated rings. The molecule has 1 aromatic heterocycles. The standard InChI is InChI=1S/C18H20N2O2/c1-13-9-10-16(17(21)19-13)18(22)20-11-5-8-15(12-20)14-6-3-2-4-7-14/h2-4,6-7,9-10,15H,5,8,11-12H2,1H3,(H,19,21)/t15-/m0/s1. The lowest BCUT2D eigenvalue weighted by molar-refractivity contribution is 0.0705. The Morgan fingerprint density at radius 2 is 1.95 bits per heavy atom. The van der Waals surface area contributed by atoms with Gasteiger partial charge in [-0.3, -0.25) is 9.59 Å². The van der Waals surface area contributed by atoms with Gasteiger partial charge in [0.1, 0.15) is 5.56 Å². The molecule has 3 rings (SSSR count). The summed E-state index contributed by atoms with van der Waals surface area (Å²) in [5.74, 6) is 0.185. The molecule has 0 radical (unpaired) electrons. The normalized spacial score (nSPS) is 18.2. The fourth-order valence-electron chi connectivity index (χ4n) is 3.07. The smallest absolute Gasteiger partial charge is 0.260 e. The van der Waals surface area contributed by atoms with Crippen molar-refractivity contribution in [2.75, 3.05) is 13.1 Å². The van der Waals surface area contributed by atoms with Crippen LogP contribution in [0, 0.1) is 6.92 Å². The molecule has 1 N–H and O–H groups in total. The summed E-state index contributed by atoms with van der Waals surface area (Å²) < 4.78 is 0. The lowest BCUT2D eigenvalue weighted by Gasteiger charge is -2.33. The molecule has 1 aliphatic rings. The number of likely N-dealkylation sites (tertiary alicyclic amines) is 1. The second-order valence-electron chi connectivity index (χ2n) is 5.89. The van der Waals surface area contributed by atoms with Crippen molar-refractivity contribution in [2.45, 2.75) is 25.7 Å². The zero-order valence-corrected chi connectivity index (χ0v) is 12.7. The van der Waals surface area contributed by atoms with Gasteiger partial charge in [-0.2, -0.15) is 0 Å². The van der Waals surface area contributed by atoms with Crippen LogP contribution >= 0.6 is 0 Å². The van der Waals surface area contributed by atoms with Crippen molar-refractivity contribution in [3.63, 3.8) is 0 Å². The van der Waals surface area contributed by atoms with E-state index in [9.17, 15) is 9.59 Å². The van der Waals surface area contributed by atoms with E-state index in [4.69, 9.17) is 0 Å². The number of H-pyrrole nitrogens is 1. The third-order valence-electron chi connectivity index (χ3n) is 4.27. The molecule has 1 amide bonds. The molecule has 0 bridgehead atoms. The van der Waals surface area contributed by atoms with Gasteiger partial charge in [0.05, 0.1) is 0 Å². The maximum Gasteiger partial charge on any atom is 0.260 e. The van der Waals surface area contributed by atoms with Crippen molar-refractivity contribution in [1.29, 1.82) is 0 Å². The second-order valence-corrected chi connectivity index (χ2v) is 5.89. The average molecular weight is 296 g/mol. The van der Waals surface area contributed by atoms with Gasteiger partial charge in [0.15, 0.2) is 0 Å². The predicted octanol–water partition coefficient (Wildman–Crippen LogP) is 2.70. The first-order valence-corrected chi connectivity index (χ1v) is 7.69. The zero-order valence-electron chi connectivity index (χ0n) is 12.7. The molecule has 4 heteroatoms. The Hall–Kier alpha value is -2.36. The number of carbonyl (C=O) groups is 1. The van der Waals surface area contributed by atoms with Crippen LogP contribution in [-0.2, 0) is 0 Å². The Bertz CT molecular complexity index is 721. The molecule has 0 unspecified atom stereocenters. The van der Waals surface area contributed by atoms with Crippen LogP contribution in [0.5, 0.6) is 0 Å². The van der Waals surface area contributed by atoms with E-state index in [0.29, 0.717) is 12.5 Å². The van der Waals surface area contributed by atoms with Crippen LogP contribution in [0.15, 0.2) is 47.3 Å². The maximum atomic E-state index is 12.6. The van der Waals surface area contributed by atoms with E-state index in [1.165, 1.54) is 5.56 Å². The number of hydrogen-bond donors (Lipinski definition) is 1. The lowest BCUT2D eigenvalue weighted by atomic mass is 9.90. The topological polar surface area (TPSA) is 53.2 Å². The summed E-state index contributed by atoms with van der Waals surface area (Å²) in [7, 11) is 0. The molecular weight excluding hydrogens is 276 g/mol. The Morgan fingerprint density at radius 3 is 2.68 bits per heavy atom.